The molecule has 1 aliphatic rings. The topological polar surface area (TPSA) is 41.5 Å². The summed E-state index contributed by atoms with van der Waals surface area (Å²) >= 11 is 1.72. The highest BCUT2D eigenvalue weighted by Crippen LogP contribution is 2.26. The third kappa shape index (κ3) is 2.34. The van der Waals surface area contributed by atoms with Crippen LogP contribution >= 0.6 is 11.8 Å². The van der Waals surface area contributed by atoms with Crippen molar-refractivity contribution in [3.8, 4) is 0 Å². The van der Waals surface area contributed by atoms with E-state index in [-0.39, 0.29) is 18.8 Å². The molecule has 0 unspecified atom stereocenters. The highest BCUT2D eigenvalue weighted by molar-refractivity contribution is 7.98. The van der Waals surface area contributed by atoms with Crippen LogP contribution < -0.4 is 5.32 Å². The first-order valence-corrected chi connectivity index (χ1v) is 6.17. The van der Waals surface area contributed by atoms with E-state index in [0.29, 0.717) is 6.73 Å². The minimum atomic E-state index is -0.0223. The predicted octanol–water partition coefficient (Wildman–Crippen LogP) is 1.39. The van der Waals surface area contributed by atoms with Gasteiger partial charge in [-0.3, -0.25) is 5.32 Å². The van der Waals surface area contributed by atoms with Crippen LogP contribution in [0, 0.1) is 0 Å². The maximum Gasteiger partial charge on any atom is 0.102 e. The minimum absolute atomic E-state index is 0.0186. The van der Waals surface area contributed by atoms with Crippen molar-refractivity contribution in [2.24, 2.45) is 0 Å². The molecule has 1 saturated heterocycles. The number of thioether (sulfide) groups is 1. The Kier molecular flexibility index (Phi) is 3.64. The lowest BCUT2D eigenvalue weighted by Crippen LogP contribution is -2.29. The molecular weight excluding hydrogens is 210 g/mol. The molecule has 2 rings (SSSR count). The van der Waals surface area contributed by atoms with Gasteiger partial charge in [-0.05, 0) is 24.0 Å². The third-order valence-electron chi connectivity index (χ3n) is 2.61. The fourth-order valence-corrected chi connectivity index (χ4v) is 2.16. The number of ether oxygens (including phenoxy) is 1. The fourth-order valence-electron chi connectivity index (χ4n) is 1.75. The van der Waals surface area contributed by atoms with E-state index < -0.39 is 0 Å². The van der Waals surface area contributed by atoms with Gasteiger partial charge in [0.05, 0.1) is 19.4 Å². The summed E-state index contributed by atoms with van der Waals surface area (Å²) in [5.41, 5.74) is 1.12. The summed E-state index contributed by atoms with van der Waals surface area (Å²) in [5.74, 6) is 0. The van der Waals surface area contributed by atoms with Gasteiger partial charge in [-0.15, -0.1) is 11.8 Å². The molecule has 1 heterocycles. The molecule has 0 radical (unpaired) electrons. The number of nitrogens with one attached hydrogen (secondary N) is 1. The van der Waals surface area contributed by atoms with Crippen molar-refractivity contribution in [1.29, 1.82) is 0 Å². The SMILES string of the molecule is CSc1ccc([C@@H]2OCN[C@H]2CO)cc1. The molecule has 2 atom stereocenters. The lowest BCUT2D eigenvalue weighted by atomic mass is 10.0. The summed E-state index contributed by atoms with van der Waals surface area (Å²) in [6.45, 7) is 0.620. The van der Waals surface area contributed by atoms with Crippen LogP contribution in [0.5, 0.6) is 0 Å². The molecule has 1 aromatic rings. The molecule has 0 amide bonds. The Hall–Kier alpha value is -0.550. The predicted molar refractivity (Wildman–Crippen MR) is 60.9 cm³/mol. The lowest BCUT2D eigenvalue weighted by molar-refractivity contribution is 0.0912. The molecule has 0 aliphatic carbocycles. The van der Waals surface area contributed by atoms with Crippen LogP contribution in [-0.4, -0.2) is 30.7 Å². The van der Waals surface area contributed by atoms with Crippen molar-refractivity contribution in [3.05, 3.63) is 29.8 Å². The number of aliphatic hydroxyl groups excluding tert-OH is 1. The van der Waals surface area contributed by atoms with Crippen molar-refractivity contribution in [2.45, 2.75) is 17.0 Å². The van der Waals surface area contributed by atoms with E-state index in [2.05, 4.69) is 35.8 Å². The normalized spacial score (nSPS) is 25.7. The fraction of sp³-hybridized carbons (Fsp3) is 0.455. The van der Waals surface area contributed by atoms with E-state index in [1.54, 1.807) is 11.8 Å². The molecule has 0 saturated carbocycles. The summed E-state index contributed by atoms with van der Waals surface area (Å²) < 4.78 is 5.54. The lowest BCUT2D eigenvalue weighted by Gasteiger charge is -2.16. The van der Waals surface area contributed by atoms with Crippen molar-refractivity contribution in [3.63, 3.8) is 0 Å². The Morgan fingerprint density at radius 1 is 1.47 bits per heavy atom. The van der Waals surface area contributed by atoms with Gasteiger partial charge in [0.2, 0.25) is 0 Å². The Labute approximate surface area is 93.8 Å². The molecule has 2 N–H and O–H groups in total. The zero-order valence-corrected chi connectivity index (χ0v) is 9.46. The van der Waals surface area contributed by atoms with E-state index in [9.17, 15) is 0 Å². The molecular formula is C11H15NO2S. The Morgan fingerprint density at radius 2 is 2.20 bits per heavy atom. The number of aliphatic hydroxyl groups is 1. The molecule has 4 heteroatoms. The van der Waals surface area contributed by atoms with Crippen LogP contribution in [0.3, 0.4) is 0 Å². The second-order valence-corrected chi connectivity index (χ2v) is 4.38. The first kappa shape index (κ1) is 11.0. The molecule has 0 bridgehead atoms. The molecule has 3 nitrogen and oxygen atoms in total. The van der Waals surface area contributed by atoms with Gasteiger partial charge in [0.25, 0.3) is 0 Å². The smallest absolute Gasteiger partial charge is 0.102 e. The average Bonchev–Trinajstić information content (AvgIpc) is 2.77. The number of benzene rings is 1. The van der Waals surface area contributed by atoms with E-state index in [1.165, 1.54) is 4.90 Å². The van der Waals surface area contributed by atoms with E-state index in [1.807, 2.05) is 0 Å². The third-order valence-corrected chi connectivity index (χ3v) is 3.36. The van der Waals surface area contributed by atoms with Crippen molar-refractivity contribution in [1.82, 2.24) is 5.32 Å². The number of hydrogen-bond acceptors (Lipinski definition) is 4. The van der Waals surface area contributed by atoms with Crippen LogP contribution in [0.4, 0.5) is 0 Å². The van der Waals surface area contributed by atoms with Gasteiger partial charge in [0.15, 0.2) is 0 Å². The van der Waals surface area contributed by atoms with Crippen LogP contribution in [0.15, 0.2) is 29.2 Å². The van der Waals surface area contributed by atoms with Crippen LogP contribution in [0.1, 0.15) is 11.7 Å². The van der Waals surface area contributed by atoms with E-state index in [0.717, 1.165) is 5.56 Å². The zero-order chi connectivity index (χ0) is 10.7. The quantitative estimate of drug-likeness (QED) is 0.763. The summed E-state index contributed by atoms with van der Waals surface area (Å²) in [4.78, 5) is 1.24. The second-order valence-electron chi connectivity index (χ2n) is 3.50. The van der Waals surface area contributed by atoms with Gasteiger partial charge in [-0.1, -0.05) is 12.1 Å². The summed E-state index contributed by atoms with van der Waals surface area (Å²) in [5, 5.41) is 12.3. The molecule has 1 fully saturated rings. The van der Waals surface area contributed by atoms with Gasteiger partial charge in [0.1, 0.15) is 6.10 Å². The molecule has 1 aromatic carbocycles. The second kappa shape index (κ2) is 4.99. The summed E-state index contributed by atoms with van der Waals surface area (Å²) in [6.07, 6.45) is 2.03. The van der Waals surface area contributed by atoms with Crippen molar-refractivity contribution < 1.29 is 9.84 Å². The Morgan fingerprint density at radius 3 is 2.80 bits per heavy atom. The van der Waals surface area contributed by atoms with Gasteiger partial charge >= 0.3 is 0 Å². The summed E-state index contributed by atoms with van der Waals surface area (Å²) in [6, 6.07) is 8.30. The highest BCUT2D eigenvalue weighted by atomic mass is 32.2. The van der Waals surface area contributed by atoms with Gasteiger partial charge in [-0.2, -0.15) is 0 Å². The van der Waals surface area contributed by atoms with E-state index in [4.69, 9.17) is 9.84 Å². The Bertz CT molecular complexity index is 315. The minimum Gasteiger partial charge on any atom is -0.395 e. The van der Waals surface area contributed by atoms with Gasteiger partial charge in [-0.25, -0.2) is 0 Å². The monoisotopic (exact) mass is 225 g/mol. The first-order chi connectivity index (χ1) is 7.35. The number of rotatable bonds is 3. The maximum absolute atomic E-state index is 9.15. The molecule has 1 aliphatic heterocycles. The van der Waals surface area contributed by atoms with E-state index >= 15 is 0 Å². The number of hydrogen-bond donors (Lipinski definition) is 2. The van der Waals surface area contributed by atoms with Crippen LogP contribution in [0.2, 0.25) is 0 Å². The molecule has 15 heavy (non-hydrogen) atoms. The highest BCUT2D eigenvalue weighted by Gasteiger charge is 2.28. The van der Waals surface area contributed by atoms with Crippen molar-refractivity contribution in [2.75, 3.05) is 19.6 Å². The molecule has 82 valence electrons. The average molecular weight is 225 g/mol. The molecule has 0 aromatic heterocycles. The van der Waals surface area contributed by atoms with Crippen molar-refractivity contribution >= 4 is 11.8 Å². The van der Waals surface area contributed by atoms with Crippen LogP contribution in [-0.2, 0) is 4.74 Å². The first-order valence-electron chi connectivity index (χ1n) is 4.95. The van der Waals surface area contributed by atoms with Crippen LogP contribution in [0.25, 0.3) is 0 Å². The Balaban J connectivity index is 2.14. The molecule has 0 spiro atoms. The maximum atomic E-state index is 9.15. The zero-order valence-electron chi connectivity index (χ0n) is 8.64. The standard InChI is InChI=1S/C11H15NO2S/c1-15-9-4-2-8(3-5-9)11-10(6-13)12-7-14-11/h2-5,10-13H,6-7H2,1H3/t10-,11-/m0/s1. The van der Waals surface area contributed by atoms with Gasteiger partial charge < -0.3 is 9.84 Å². The summed E-state index contributed by atoms with van der Waals surface area (Å²) in [7, 11) is 0. The largest absolute Gasteiger partial charge is 0.395 e. The van der Waals surface area contributed by atoms with Gasteiger partial charge in [0, 0.05) is 4.90 Å².